The molecule has 18 N–H and O–H groups in total. The number of carbonyl (C=O) groups is 19. The molecular formula is C93H120FN17O28S3. The average Bonchev–Trinajstić information content (AvgIpc) is 1.59. The van der Waals surface area contributed by atoms with Gasteiger partial charge in [-0.25, -0.2) is 24.2 Å². The van der Waals surface area contributed by atoms with Gasteiger partial charge in [0, 0.05) is 98.0 Å². The number of carboxylic acid groups (broad SMARTS) is 3. The molecule has 4 heterocycles. The number of aromatic amines is 2. The van der Waals surface area contributed by atoms with E-state index in [0.29, 0.717) is 85.0 Å². The molecule has 45 nitrogen and oxygen atoms in total. The maximum Gasteiger partial charge on any atom is 0.329 e. The molecule has 0 bridgehead atoms. The van der Waals surface area contributed by atoms with Crippen LogP contribution < -0.4 is 68.5 Å². The fraction of sp³-hybridized carbons (Fsp3) is 0.484. The number of para-hydroxylation sites is 2. The third-order valence-electron chi connectivity index (χ3n) is 21.0. The van der Waals surface area contributed by atoms with E-state index in [-0.39, 0.29) is 82.3 Å². The summed E-state index contributed by atoms with van der Waals surface area (Å²) in [6, 6.07) is -0.588. The second-order valence-electron chi connectivity index (χ2n) is 33.8. The summed E-state index contributed by atoms with van der Waals surface area (Å²) in [5.74, 6) is -26.8. The summed E-state index contributed by atoms with van der Waals surface area (Å²) < 4.78 is 42.4. The van der Waals surface area contributed by atoms with Crippen molar-refractivity contribution in [2.75, 3.05) is 83.2 Å². The van der Waals surface area contributed by atoms with E-state index in [2.05, 4.69) is 95.3 Å². The first-order chi connectivity index (χ1) is 67.4. The summed E-state index contributed by atoms with van der Waals surface area (Å²) >= 11 is 1.25. The van der Waals surface area contributed by atoms with Crippen LogP contribution in [-0.4, -0.2) is 303 Å². The highest BCUT2D eigenvalue weighted by Gasteiger charge is 2.42. The molecule has 2 aromatic heterocycles. The van der Waals surface area contributed by atoms with Crippen molar-refractivity contribution in [3.05, 3.63) is 125 Å². The minimum absolute atomic E-state index is 0.0544. The van der Waals surface area contributed by atoms with Crippen molar-refractivity contribution in [1.29, 1.82) is 0 Å². The fourth-order valence-electron chi connectivity index (χ4n) is 13.8. The van der Waals surface area contributed by atoms with Crippen LogP contribution in [0.5, 0.6) is 5.75 Å². The molecule has 0 aliphatic carbocycles. The highest BCUT2D eigenvalue weighted by Crippen LogP contribution is 2.38. The van der Waals surface area contributed by atoms with E-state index in [4.69, 9.17) is 23.7 Å². The van der Waals surface area contributed by atoms with Crippen LogP contribution in [0.1, 0.15) is 130 Å². The lowest BCUT2D eigenvalue weighted by Crippen LogP contribution is -2.58. The SMILES string of the molecule is C=C(C)[C@@H]1NC(=O)/C(CC(C)C)=N/C(=O)[C@H](CCC(=O)O)NC(=O)CNC(=O)[C@H](CC(C)C)NC(=O)[C@H](CC(=O)NCc2ccc(OC(=O)CCOCCOCCNC(=O)CCOCCOCC)c(F)c2)NC(=O)[C@H](Cc2c[nH]c3ccccc23)NC(=O)/C(C)=N/C(=O)[C@@H](NC(=O)[C@H](CC(=O)O)NC(C)=O)CSSC/C(C(=O)N[C@H](C(=O)O)[C@](C)(O)/C=C2\CS2)=N/C(=O)[C@H](Cc2c[nH]c3ccccc23)NC1=O. The van der Waals surface area contributed by atoms with Crippen molar-refractivity contribution < 1.29 is 140 Å². The van der Waals surface area contributed by atoms with Crippen molar-refractivity contribution >= 4 is 185 Å². The minimum atomic E-state index is -2.33. The maximum absolute atomic E-state index is 15.8. The van der Waals surface area contributed by atoms with E-state index in [1.54, 1.807) is 76.2 Å². The van der Waals surface area contributed by atoms with Gasteiger partial charge in [0.15, 0.2) is 17.6 Å². The molecular weight excluding hydrogens is 1920 g/mol. The Bertz CT molecular complexity index is 5540. The van der Waals surface area contributed by atoms with E-state index in [1.807, 2.05) is 6.92 Å². The summed E-state index contributed by atoms with van der Waals surface area (Å²) in [6.07, 6.45) is -1.12. The standard InChI is InChI=1S/C93H120FN17O28S3/c1-11-135-30-31-136-27-24-73(113)95-26-29-138-33-32-137-28-25-78(120)139-72-22-20-54(36-60(72)94)42-98-74(114)39-68-86(126)104-64(34-49(2)3)82(122)99-45-75(115)102-63(21-23-76(116)117)83(123)105-65(35-50(4)5)88(128)110-79(51(6)7)91(131)107-67(38-56-44-97-62-19-15-13-17-59(56)62)85(125)109-71(90(130)111-80(92(132)133)93(10,134)41-57-46-140-57)48-142-141-47-70(108-87(127)69(40-77(118)119)101-53(9)112)89(129)100-52(8)81(121)103-66(84(124)106-68)37-55-43-96-61-18-14-12-16-58(55)61/h12-20,22,36,41,43-44,49-50,63-64,66-70,79-80,96-97,134H,6,11,21,23-35,37-40,42,45-48H2,1-5,7-10H3,(H,95,113)(H,98,114)(H,99,122)(H,101,112)(H,102,115)(H,103,121)(H,104,126)(H,106,124)(H,107,131)(H,108,127)(H,110,128)(H,111,130)(H,116,117)(H,118,119)(H,132,133)/b57-41+,100-52+,105-65+,109-71-/t63-,64-,66-,67-,68-,69-,70-,79-,80+,93+/m0/s1. The topological polar surface area (TPSA) is 664 Å². The number of ether oxygens (including phenoxy) is 5. The Morgan fingerprint density at radius 2 is 1.23 bits per heavy atom. The fourth-order valence-corrected chi connectivity index (χ4v) is 16.4. The zero-order chi connectivity index (χ0) is 104. The largest absolute Gasteiger partial charge is 0.481 e. The first-order valence-corrected chi connectivity index (χ1v) is 48.7. The molecule has 0 spiro atoms. The van der Waals surface area contributed by atoms with Gasteiger partial charge in [0.2, 0.25) is 53.2 Å². The second kappa shape index (κ2) is 58.1. The van der Waals surface area contributed by atoms with Crippen LogP contribution in [0.2, 0.25) is 0 Å². The van der Waals surface area contributed by atoms with E-state index in [1.165, 1.54) is 43.2 Å². The number of aliphatic hydroxyl groups is 1. The van der Waals surface area contributed by atoms with Crippen molar-refractivity contribution in [2.24, 2.45) is 26.8 Å². The monoisotopic (exact) mass is 2040 g/mol. The number of nitrogens with zero attached hydrogens (tertiary/aromatic N) is 3. The quantitative estimate of drug-likeness (QED) is 0.00656. The lowest BCUT2D eigenvalue weighted by Gasteiger charge is -2.27. The van der Waals surface area contributed by atoms with E-state index in [9.17, 15) is 97.1 Å². The van der Waals surface area contributed by atoms with Gasteiger partial charge in [-0.15, -0.1) is 11.8 Å². The molecule has 49 heteroatoms. The molecule has 7 rings (SSSR count). The zero-order valence-electron chi connectivity index (χ0n) is 79.6. The van der Waals surface area contributed by atoms with Crippen molar-refractivity contribution in [3.63, 3.8) is 0 Å². The molecule has 2 aliphatic rings. The molecule has 0 radical (unpaired) electrons. The number of esters is 1. The van der Waals surface area contributed by atoms with Crippen LogP contribution >= 0.6 is 33.3 Å². The van der Waals surface area contributed by atoms with Gasteiger partial charge in [-0.05, 0) is 116 Å². The van der Waals surface area contributed by atoms with Crippen LogP contribution in [-0.2, 0) is 129 Å². The van der Waals surface area contributed by atoms with Gasteiger partial charge in [0.25, 0.3) is 35.4 Å². The van der Waals surface area contributed by atoms with Crippen LogP contribution in [0.25, 0.3) is 21.8 Å². The number of halogens is 1. The average molecular weight is 2040 g/mol. The second-order valence-corrected chi connectivity index (χ2v) is 37.5. The Kier molecular flexibility index (Phi) is 47.2. The predicted molar refractivity (Wildman–Crippen MR) is 519 cm³/mol. The van der Waals surface area contributed by atoms with Crippen LogP contribution in [0, 0.1) is 17.7 Å². The lowest BCUT2D eigenvalue weighted by molar-refractivity contribution is -0.146. The molecule has 15 amide bonds. The number of amides is 15. The molecule has 5 aromatic rings. The number of aromatic nitrogens is 2. The number of hydrogen-bond donors (Lipinski definition) is 18. The number of aliphatic carboxylic acids is 3. The molecule has 142 heavy (non-hydrogen) atoms. The third kappa shape index (κ3) is 39.9. The van der Waals surface area contributed by atoms with Gasteiger partial charge in [0.05, 0.1) is 77.8 Å². The van der Waals surface area contributed by atoms with E-state index >= 15 is 18.8 Å². The van der Waals surface area contributed by atoms with Gasteiger partial charge in [0.1, 0.15) is 71.1 Å². The highest BCUT2D eigenvalue weighted by molar-refractivity contribution is 8.76. The van der Waals surface area contributed by atoms with Gasteiger partial charge in [-0.2, -0.15) is 0 Å². The first kappa shape index (κ1) is 116. The Hall–Kier alpha value is -13.5. The molecule has 1 fully saturated rings. The summed E-state index contributed by atoms with van der Waals surface area (Å²) in [5, 5.41) is 72.0. The Balaban J connectivity index is 1.28. The van der Waals surface area contributed by atoms with Crippen LogP contribution in [0.3, 0.4) is 0 Å². The number of aliphatic imine (C=N–C) groups is 3. The van der Waals surface area contributed by atoms with Gasteiger partial charge < -0.3 is 118 Å². The van der Waals surface area contributed by atoms with E-state index < -0.39 is 270 Å². The predicted octanol–water partition coefficient (Wildman–Crippen LogP) is 1.46. The minimum Gasteiger partial charge on any atom is -0.481 e. The van der Waals surface area contributed by atoms with Gasteiger partial charge >= 0.3 is 23.9 Å². The molecule has 0 unspecified atom stereocenters. The van der Waals surface area contributed by atoms with Crippen LogP contribution in [0.4, 0.5) is 4.39 Å². The van der Waals surface area contributed by atoms with Crippen molar-refractivity contribution in [3.8, 4) is 5.75 Å². The molecule has 770 valence electrons. The number of rotatable bonds is 43. The van der Waals surface area contributed by atoms with Crippen molar-refractivity contribution in [2.45, 2.75) is 193 Å². The maximum atomic E-state index is 15.8. The summed E-state index contributed by atoms with van der Waals surface area (Å²) in [4.78, 5) is 285. The number of hydrogen-bond acceptors (Lipinski definition) is 28. The van der Waals surface area contributed by atoms with Crippen molar-refractivity contribution in [1.82, 2.24) is 73.8 Å². The smallest absolute Gasteiger partial charge is 0.329 e. The molecule has 1 saturated heterocycles. The van der Waals surface area contributed by atoms with Gasteiger partial charge in [-0.3, -0.25) is 86.3 Å². The molecule has 3 aromatic carbocycles. The van der Waals surface area contributed by atoms with E-state index in [0.717, 1.165) is 32.9 Å². The summed E-state index contributed by atoms with van der Waals surface area (Å²) in [6.45, 7) is 17.0. The summed E-state index contributed by atoms with van der Waals surface area (Å²) in [7, 11) is 1.20. The molecule has 2 aliphatic heterocycles. The number of thioether (sulfide) groups is 1. The number of fused-ring (bicyclic) bond motifs is 2. The highest BCUT2D eigenvalue weighted by atomic mass is 33.1. The van der Waals surface area contributed by atoms with Gasteiger partial charge in [-0.1, -0.05) is 98.3 Å². The Morgan fingerprint density at radius 1 is 0.627 bits per heavy atom. The Morgan fingerprint density at radius 3 is 1.83 bits per heavy atom. The number of benzene rings is 3. The third-order valence-corrected chi connectivity index (χ3v) is 24.0. The number of nitrogens with one attached hydrogen (secondary N) is 14. The Labute approximate surface area is 827 Å². The first-order valence-electron chi connectivity index (χ1n) is 45.3. The normalized spacial score (nSPS) is 20.6. The number of H-pyrrole nitrogens is 2. The zero-order valence-corrected chi connectivity index (χ0v) is 82.1. The number of carbonyl (C=O) groups excluding carboxylic acids is 16. The van der Waals surface area contributed by atoms with Crippen LogP contribution in [0.15, 0.2) is 117 Å². The molecule has 10 atom stereocenters. The number of carboxylic acids is 3. The summed E-state index contributed by atoms with van der Waals surface area (Å²) in [5.41, 5.74) is -2.83. The molecule has 0 saturated carbocycles. The lowest BCUT2D eigenvalue weighted by atomic mass is 9.95.